The Hall–Kier alpha value is -4.48. The number of benzene rings is 3. The molecule has 0 aliphatic carbocycles. The van der Waals surface area contributed by atoms with Crippen LogP contribution in [-0.2, 0) is 0 Å². The minimum atomic E-state index is -0.641. The quantitative estimate of drug-likeness (QED) is 0.326. The van der Waals surface area contributed by atoms with Crippen LogP contribution in [-0.4, -0.2) is 45.8 Å². The van der Waals surface area contributed by atoms with Gasteiger partial charge in [0, 0.05) is 16.1 Å². The summed E-state index contributed by atoms with van der Waals surface area (Å²) in [6.45, 7) is 0. The summed E-state index contributed by atoms with van der Waals surface area (Å²) in [5.74, 6) is 0.0677. The summed E-state index contributed by atoms with van der Waals surface area (Å²) in [6.07, 6.45) is 0. The van der Waals surface area contributed by atoms with Crippen LogP contribution < -0.4 is 0 Å². The first-order chi connectivity index (χ1) is 17.6. The van der Waals surface area contributed by atoms with Gasteiger partial charge in [-0.05, 0) is 40.8 Å². The topological polar surface area (TPSA) is 124 Å². The first-order valence-corrected chi connectivity index (χ1v) is 11.2. The van der Waals surface area contributed by atoms with Gasteiger partial charge in [-0.3, -0.25) is 4.57 Å². The van der Waals surface area contributed by atoms with Crippen molar-refractivity contribution in [1.29, 1.82) is 0 Å². The summed E-state index contributed by atoms with van der Waals surface area (Å²) in [4.78, 5) is 4.84. The Morgan fingerprint density at radius 1 is 0.917 bits per heavy atom. The maximum atomic E-state index is 15.6. The molecule has 3 aromatic carbocycles. The zero-order valence-electron chi connectivity index (χ0n) is 18.0. The minimum absolute atomic E-state index is 0.0558. The molecule has 0 bridgehead atoms. The van der Waals surface area contributed by atoms with Gasteiger partial charge < -0.3 is 4.52 Å². The van der Waals surface area contributed by atoms with Gasteiger partial charge in [-0.1, -0.05) is 64.7 Å². The predicted molar refractivity (Wildman–Crippen MR) is 129 cm³/mol. The Morgan fingerprint density at radius 3 is 2.53 bits per heavy atom. The number of nitrogens with one attached hydrogen (secondary N) is 1. The Balaban J connectivity index is 1.79. The van der Waals surface area contributed by atoms with Gasteiger partial charge in [-0.2, -0.15) is 5.21 Å². The number of imidazole rings is 1. The van der Waals surface area contributed by atoms with Gasteiger partial charge in [-0.15, -0.1) is 10.2 Å². The molecule has 0 spiro atoms. The van der Waals surface area contributed by atoms with Crippen molar-refractivity contribution in [2.75, 3.05) is 0 Å². The summed E-state index contributed by atoms with van der Waals surface area (Å²) in [6, 6.07) is 19.0. The number of nitrogens with zero attached hydrogens (tertiary/aromatic N) is 8. The smallest absolute Gasteiger partial charge is 0.279 e. The van der Waals surface area contributed by atoms with Gasteiger partial charge in [0.15, 0.2) is 5.82 Å². The van der Waals surface area contributed by atoms with Gasteiger partial charge in [0.25, 0.3) is 5.89 Å². The number of rotatable bonds is 5. The first-order valence-electron chi connectivity index (χ1n) is 10.4. The van der Waals surface area contributed by atoms with E-state index in [0.29, 0.717) is 38.9 Å². The maximum absolute atomic E-state index is 15.6. The first kappa shape index (κ1) is 22.0. The second kappa shape index (κ2) is 8.95. The lowest BCUT2D eigenvalue weighted by molar-refractivity contribution is 0.404. The van der Waals surface area contributed by atoms with Crippen molar-refractivity contribution in [3.63, 3.8) is 0 Å². The molecule has 3 aromatic heterocycles. The molecule has 3 heterocycles. The van der Waals surface area contributed by atoms with Crippen molar-refractivity contribution in [2.45, 2.75) is 0 Å². The van der Waals surface area contributed by atoms with Crippen LogP contribution in [0.2, 0.25) is 10.0 Å². The molecular weight excluding hydrogens is 508 g/mol. The van der Waals surface area contributed by atoms with Crippen molar-refractivity contribution in [3.8, 4) is 51.3 Å². The Morgan fingerprint density at radius 2 is 1.78 bits per heavy atom. The largest absolute Gasteiger partial charge is 0.315 e. The number of hydrogen-bond acceptors (Lipinski definition) is 8. The molecule has 13 heteroatoms. The fourth-order valence-electron chi connectivity index (χ4n) is 3.90. The van der Waals surface area contributed by atoms with Crippen LogP contribution in [0, 0.1) is 5.82 Å². The average molecular weight is 520 g/mol. The lowest BCUT2D eigenvalue weighted by Crippen LogP contribution is -2.04. The third-order valence-corrected chi connectivity index (χ3v) is 5.93. The molecule has 0 atom stereocenters. The van der Waals surface area contributed by atoms with E-state index >= 15 is 4.39 Å². The van der Waals surface area contributed by atoms with Crippen LogP contribution in [0.1, 0.15) is 0 Å². The van der Waals surface area contributed by atoms with Crippen LogP contribution in [0.3, 0.4) is 0 Å². The highest BCUT2D eigenvalue weighted by Crippen LogP contribution is 2.42. The van der Waals surface area contributed by atoms with Gasteiger partial charge in [0.1, 0.15) is 11.5 Å². The van der Waals surface area contributed by atoms with Gasteiger partial charge in [0.05, 0.1) is 27.2 Å². The van der Waals surface area contributed by atoms with Gasteiger partial charge in [-0.25, -0.2) is 9.37 Å². The zero-order valence-corrected chi connectivity index (χ0v) is 19.5. The number of halogens is 3. The molecule has 0 aliphatic heterocycles. The van der Waals surface area contributed by atoms with E-state index in [1.807, 2.05) is 30.3 Å². The second-order valence-corrected chi connectivity index (χ2v) is 8.34. The SMILES string of the molecule is Fc1c(Cl)cccc1-n1c(-c2ccccc2)nc(-c2nn[nH]n2)c1-c1cc(Cl)ccc1-c1nnno1. The maximum Gasteiger partial charge on any atom is 0.279 e. The van der Waals surface area contributed by atoms with E-state index in [4.69, 9.17) is 32.7 Å². The Bertz CT molecular complexity index is 1670. The third kappa shape index (κ3) is 3.70. The van der Waals surface area contributed by atoms with Crippen LogP contribution in [0.25, 0.3) is 51.3 Å². The van der Waals surface area contributed by atoms with Crippen molar-refractivity contribution in [1.82, 2.24) is 45.8 Å². The van der Waals surface area contributed by atoms with E-state index < -0.39 is 5.82 Å². The van der Waals surface area contributed by atoms with Crippen molar-refractivity contribution in [3.05, 3.63) is 82.6 Å². The van der Waals surface area contributed by atoms with E-state index in [2.05, 4.69) is 36.2 Å². The molecule has 6 rings (SSSR count). The molecule has 0 amide bonds. The molecular formula is C23H12Cl2FN9O. The molecule has 176 valence electrons. The standard InChI is InChI=1S/C23H12Cl2FN9O/c24-13-9-10-14(23-30-33-34-36-23)15(11-13)20-19(21-28-31-32-29-21)27-22(12-5-2-1-3-6-12)35(20)17-8-4-7-16(25)18(17)26/h1-11H,(H,28,29,31,32). The summed E-state index contributed by atoms with van der Waals surface area (Å²) in [5.41, 5.74) is 2.52. The van der Waals surface area contributed by atoms with Crippen LogP contribution in [0.4, 0.5) is 4.39 Å². The molecule has 0 radical (unpaired) electrons. The molecule has 0 aliphatic rings. The Labute approximate surface area is 211 Å². The van der Waals surface area contributed by atoms with E-state index in [1.54, 1.807) is 34.9 Å². The molecule has 0 fully saturated rings. The summed E-state index contributed by atoms with van der Waals surface area (Å²) >= 11 is 12.6. The monoisotopic (exact) mass is 519 g/mol. The number of aromatic nitrogens is 9. The number of tetrazole rings is 1. The average Bonchev–Trinajstić information content (AvgIpc) is 3.67. The van der Waals surface area contributed by atoms with E-state index in [0.717, 1.165) is 0 Å². The highest BCUT2D eigenvalue weighted by Gasteiger charge is 2.29. The second-order valence-electron chi connectivity index (χ2n) is 7.50. The highest BCUT2D eigenvalue weighted by molar-refractivity contribution is 6.31. The van der Waals surface area contributed by atoms with Crippen molar-refractivity contribution >= 4 is 23.2 Å². The van der Waals surface area contributed by atoms with E-state index in [1.165, 1.54) is 6.07 Å². The van der Waals surface area contributed by atoms with Gasteiger partial charge >= 0.3 is 0 Å². The lowest BCUT2D eigenvalue weighted by Gasteiger charge is -2.16. The summed E-state index contributed by atoms with van der Waals surface area (Å²) in [7, 11) is 0. The molecule has 0 saturated carbocycles. The van der Waals surface area contributed by atoms with Crippen LogP contribution >= 0.6 is 23.2 Å². The third-order valence-electron chi connectivity index (χ3n) is 5.41. The fraction of sp³-hybridized carbons (Fsp3) is 0. The zero-order chi connectivity index (χ0) is 24.6. The molecule has 36 heavy (non-hydrogen) atoms. The number of hydrogen-bond donors (Lipinski definition) is 1. The van der Waals surface area contributed by atoms with E-state index in [9.17, 15) is 0 Å². The predicted octanol–water partition coefficient (Wildman–Crippen LogP) is 5.28. The fourth-order valence-corrected chi connectivity index (χ4v) is 4.24. The minimum Gasteiger partial charge on any atom is -0.315 e. The highest BCUT2D eigenvalue weighted by atomic mass is 35.5. The summed E-state index contributed by atoms with van der Waals surface area (Å²) in [5, 5.41) is 25.7. The Kier molecular flexibility index (Phi) is 5.47. The van der Waals surface area contributed by atoms with Crippen molar-refractivity contribution in [2.24, 2.45) is 0 Å². The van der Waals surface area contributed by atoms with Crippen LogP contribution in [0.5, 0.6) is 0 Å². The van der Waals surface area contributed by atoms with Crippen molar-refractivity contribution < 1.29 is 8.91 Å². The molecule has 0 saturated heterocycles. The lowest BCUT2D eigenvalue weighted by atomic mass is 10.0. The molecule has 1 N–H and O–H groups in total. The number of aromatic amines is 1. The molecule has 10 nitrogen and oxygen atoms in total. The van der Waals surface area contributed by atoms with Gasteiger partial charge in [0.2, 0.25) is 5.82 Å². The summed E-state index contributed by atoms with van der Waals surface area (Å²) < 4.78 is 22.4. The normalized spacial score (nSPS) is 11.2. The molecule has 6 aromatic rings. The number of H-pyrrole nitrogens is 1. The molecule has 0 unspecified atom stereocenters. The van der Waals surface area contributed by atoms with E-state index in [-0.39, 0.29) is 22.4 Å². The van der Waals surface area contributed by atoms with Crippen LogP contribution in [0.15, 0.2) is 71.3 Å².